The molecule has 3 fully saturated rings. The summed E-state index contributed by atoms with van der Waals surface area (Å²) in [6, 6.07) is 14.4. The summed E-state index contributed by atoms with van der Waals surface area (Å²) in [4.78, 5) is 21.8. The van der Waals surface area contributed by atoms with E-state index in [0.29, 0.717) is 18.4 Å². The first-order valence-electron chi connectivity index (χ1n) is 9.76. The van der Waals surface area contributed by atoms with Gasteiger partial charge in [-0.15, -0.1) is 0 Å². The molecule has 3 aliphatic heterocycles. The molecule has 3 saturated heterocycles. The molecule has 1 amide bonds. The molecule has 2 bridgehead atoms. The minimum atomic E-state index is 0.217. The van der Waals surface area contributed by atoms with Crippen LogP contribution in [-0.4, -0.2) is 53.5 Å². The van der Waals surface area contributed by atoms with Gasteiger partial charge in [0.05, 0.1) is 13.5 Å². The number of rotatable bonds is 5. The molecule has 3 aliphatic rings. The average molecular weight is 365 g/mol. The first-order chi connectivity index (χ1) is 13.2. The lowest BCUT2D eigenvalue weighted by molar-refractivity contribution is -0.134. The van der Waals surface area contributed by atoms with Gasteiger partial charge < -0.3 is 9.64 Å². The van der Waals surface area contributed by atoms with E-state index in [-0.39, 0.29) is 5.91 Å². The molecule has 0 N–H and O–H groups in total. The highest BCUT2D eigenvalue weighted by Gasteiger charge is 2.36. The number of ether oxygens (including phenoxy) is 1. The van der Waals surface area contributed by atoms with Crippen LogP contribution in [0.2, 0.25) is 0 Å². The molecular weight excluding hydrogens is 338 g/mol. The van der Waals surface area contributed by atoms with Gasteiger partial charge in [0.15, 0.2) is 0 Å². The zero-order valence-electron chi connectivity index (χ0n) is 15.9. The van der Waals surface area contributed by atoms with Crippen LogP contribution in [-0.2, 0) is 17.8 Å². The zero-order chi connectivity index (χ0) is 18.6. The molecule has 4 heterocycles. The predicted molar refractivity (Wildman–Crippen MR) is 104 cm³/mol. The third-order valence-corrected chi connectivity index (χ3v) is 5.73. The third kappa shape index (κ3) is 4.30. The molecule has 5 heteroatoms. The largest absolute Gasteiger partial charge is 0.497 e. The highest BCUT2D eigenvalue weighted by atomic mass is 16.5. The number of amides is 1. The van der Waals surface area contributed by atoms with Crippen molar-refractivity contribution in [3.05, 3.63) is 59.9 Å². The monoisotopic (exact) mass is 365 g/mol. The van der Waals surface area contributed by atoms with Gasteiger partial charge in [-0.05, 0) is 48.6 Å². The normalized spacial score (nSPS) is 22.5. The SMILES string of the molecule is COc1ccc(CN2C[C@@H]3CC[C@H](C2)N(C(=O)Cc2ccccn2)C3)cc1. The van der Waals surface area contributed by atoms with Crippen molar-refractivity contribution in [3.63, 3.8) is 0 Å². The number of hydrogen-bond acceptors (Lipinski definition) is 4. The number of piperidine rings is 1. The predicted octanol–water partition coefficient (Wildman–Crippen LogP) is 2.76. The summed E-state index contributed by atoms with van der Waals surface area (Å²) in [5, 5.41) is 0. The van der Waals surface area contributed by atoms with Crippen LogP contribution in [0, 0.1) is 5.92 Å². The fraction of sp³-hybridized carbons (Fsp3) is 0.455. The smallest absolute Gasteiger partial charge is 0.228 e. The molecule has 1 aromatic carbocycles. The lowest BCUT2D eigenvalue weighted by Gasteiger charge is -2.36. The summed E-state index contributed by atoms with van der Waals surface area (Å²) in [5.74, 6) is 1.67. The van der Waals surface area contributed by atoms with Crippen molar-refractivity contribution in [2.75, 3.05) is 26.7 Å². The molecule has 0 radical (unpaired) electrons. The topological polar surface area (TPSA) is 45.7 Å². The van der Waals surface area contributed by atoms with Crippen LogP contribution in [0.25, 0.3) is 0 Å². The van der Waals surface area contributed by atoms with Crippen LogP contribution in [0.1, 0.15) is 24.1 Å². The Labute approximate surface area is 161 Å². The second-order valence-electron chi connectivity index (χ2n) is 7.68. The van der Waals surface area contributed by atoms with E-state index in [9.17, 15) is 4.79 Å². The minimum absolute atomic E-state index is 0.217. The Bertz CT molecular complexity index is 763. The summed E-state index contributed by atoms with van der Waals surface area (Å²) in [6.07, 6.45) is 4.49. The Morgan fingerprint density at radius 2 is 1.96 bits per heavy atom. The molecule has 2 atom stereocenters. The van der Waals surface area contributed by atoms with Gasteiger partial charge in [-0.25, -0.2) is 0 Å². The van der Waals surface area contributed by atoms with Gasteiger partial charge in [-0.3, -0.25) is 14.7 Å². The number of nitrogens with zero attached hydrogens (tertiary/aromatic N) is 3. The fourth-order valence-electron chi connectivity index (χ4n) is 4.36. The van der Waals surface area contributed by atoms with E-state index in [2.05, 4.69) is 26.9 Å². The zero-order valence-corrected chi connectivity index (χ0v) is 15.9. The molecule has 5 nitrogen and oxygen atoms in total. The highest BCUT2D eigenvalue weighted by molar-refractivity contribution is 5.78. The summed E-state index contributed by atoms with van der Waals surface area (Å²) in [6.45, 7) is 3.83. The summed E-state index contributed by atoms with van der Waals surface area (Å²) < 4.78 is 5.25. The van der Waals surface area contributed by atoms with Gasteiger partial charge in [-0.1, -0.05) is 18.2 Å². The van der Waals surface area contributed by atoms with Crippen LogP contribution in [0.5, 0.6) is 5.75 Å². The van der Waals surface area contributed by atoms with E-state index in [1.807, 2.05) is 30.3 Å². The third-order valence-electron chi connectivity index (χ3n) is 5.73. The Morgan fingerprint density at radius 3 is 2.70 bits per heavy atom. The first kappa shape index (κ1) is 18.0. The lowest BCUT2D eigenvalue weighted by atomic mass is 9.94. The molecule has 0 saturated carbocycles. The summed E-state index contributed by atoms with van der Waals surface area (Å²) in [7, 11) is 1.69. The number of hydrogen-bond donors (Lipinski definition) is 0. The fourth-order valence-corrected chi connectivity index (χ4v) is 4.36. The Kier molecular flexibility index (Phi) is 5.39. The molecule has 1 aromatic heterocycles. The maximum Gasteiger partial charge on any atom is 0.228 e. The molecule has 0 spiro atoms. The standard InChI is InChI=1S/C22H27N3O2/c1-27-21-9-6-17(7-10-21)13-24-14-18-5-8-20(16-24)25(15-18)22(26)12-19-4-2-3-11-23-19/h2-4,6-7,9-11,18,20H,5,8,12-16H2,1H3/t18-,20+/m0/s1. The van der Waals surface area contributed by atoms with Crippen molar-refractivity contribution in [1.29, 1.82) is 0 Å². The number of carbonyl (C=O) groups is 1. The van der Waals surface area contributed by atoms with Crippen LogP contribution in [0.4, 0.5) is 0 Å². The van der Waals surface area contributed by atoms with Crippen molar-refractivity contribution >= 4 is 5.91 Å². The van der Waals surface area contributed by atoms with Crippen molar-refractivity contribution < 1.29 is 9.53 Å². The second kappa shape index (κ2) is 8.09. The van der Waals surface area contributed by atoms with E-state index >= 15 is 0 Å². The van der Waals surface area contributed by atoms with Crippen LogP contribution < -0.4 is 4.74 Å². The van der Waals surface area contributed by atoms with E-state index < -0.39 is 0 Å². The molecule has 142 valence electrons. The first-order valence-corrected chi connectivity index (χ1v) is 9.76. The van der Waals surface area contributed by atoms with Crippen molar-refractivity contribution in [2.45, 2.75) is 31.8 Å². The van der Waals surface area contributed by atoms with Gasteiger partial charge in [-0.2, -0.15) is 0 Å². The Morgan fingerprint density at radius 1 is 1.11 bits per heavy atom. The van der Waals surface area contributed by atoms with E-state index in [4.69, 9.17) is 4.74 Å². The second-order valence-corrected chi connectivity index (χ2v) is 7.68. The van der Waals surface area contributed by atoms with Crippen LogP contribution in [0.15, 0.2) is 48.7 Å². The van der Waals surface area contributed by atoms with Gasteiger partial charge in [0.2, 0.25) is 5.91 Å². The molecule has 0 unspecified atom stereocenters. The highest BCUT2D eigenvalue weighted by Crippen LogP contribution is 2.29. The quantitative estimate of drug-likeness (QED) is 0.817. The number of pyridine rings is 1. The van der Waals surface area contributed by atoms with Gasteiger partial charge in [0, 0.05) is 44.1 Å². The number of carbonyl (C=O) groups excluding carboxylic acids is 1. The van der Waals surface area contributed by atoms with Crippen LogP contribution in [0.3, 0.4) is 0 Å². The number of fused-ring (bicyclic) bond motifs is 4. The van der Waals surface area contributed by atoms with Gasteiger partial charge in [0.25, 0.3) is 0 Å². The average Bonchev–Trinajstić information content (AvgIpc) is 3.00. The minimum Gasteiger partial charge on any atom is -0.497 e. The van der Waals surface area contributed by atoms with Crippen molar-refractivity contribution in [2.24, 2.45) is 5.92 Å². The lowest BCUT2D eigenvalue weighted by Crippen LogP contribution is -2.48. The maximum atomic E-state index is 12.9. The van der Waals surface area contributed by atoms with E-state index in [0.717, 1.165) is 44.0 Å². The summed E-state index contributed by atoms with van der Waals surface area (Å²) >= 11 is 0. The molecule has 2 aromatic rings. The maximum absolute atomic E-state index is 12.9. The van der Waals surface area contributed by atoms with Crippen molar-refractivity contribution in [3.8, 4) is 5.75 Å². The summed E-state index contributed by atoms with van der Waals surface area (Å²) in [5.41, 5.74) is 2.15. The van der Waals surface area contributed by atoms with E-state index in [1.54, 1.807) is 13.3 Å². The Hall–Kier alpha value is -2.40. The molecule has 5 rings (SSSR count). The Balaban J connectivity index is 1.41. The van der Waals surface area contributed by atoms with Gasteiger partial charge >= 0.3 is 0 Å². The van der Waals surface area contributed by atoms with Crippen molar-refractivity contribution in [1.82, 2.24) is 14.8 Å². The van der Waals surface area contributed by atoms with Gasteiger partial charge in [0.1, 0.15) is 5.75 Å². The number of benzene rings is 1. The van der Waals surface area contributed by atoms with Crippen LogP contribution >= 0.6 is 0 Å². The van der Waals surface area contributed by atoms with E-state index in [1.165, 1.54) is 12.0 Å². The molecular formula is C22H27N3O2. The number of aromatic nitrogens is 1. The molecule has 27 heavy (non-hydrogen) atoms. The molecule has 0 aliphatic carbocycles. The number of methoxy groups -OCH3 is 1.